The van der Waals surface area contributed by atoms with E-state index < -0.39 is 10.8 Å². The van der Waals surface area contributed by atoms with Crippen LogP contribution in [0, 0.1) is 10.1 Å². The van der Waals surface area contributed by atoms with Gasteiger partial charge in [0.25, 0.3) is 11.6 Å². The Labute approximate surface area is 122 Å². The first-order valence-corrected chi connectivity index (χ1v) is 6.88. The molecule has 1 amide bonds. The highest BCUT2D eigenvalue weighted by Crippen LogP contribution is 2.37. The Morgan fingerprint density at radius 1 is 1.48 bits per heavy atom. The lowest BCUT2D eigenvalue weighted by molar-refractivity contribution is -0.384. The lowest BCUT2D eigenvalue weighted by Crippen LogP contribution is -2.37. The number of hydrogen-bond acceptors (Lipinski definition) is 5. The zero-order chi connectivity index (χ0) is 15.6. The van der Waals surface area contributed by atoms with E-state index in [2.05, 4.69) is 0 Å². The Balaban J connectivity index is 2.57. The first kappa shape index (κ1) is 15.1. The Morgan fingerprint density at radius 2 is 2.19 bits per heavy atom. The highest BCUT2D eigenvalue weighted by molar-refractivity contribution is 5.97. The summed E-state index contributed by atoms with van der Waals surface area (Å²) in [6.07, 6.45) is 3.08. The van der Waals surface area contributed by atoms with Crippen LogP contribution in [0.5, 0.6) is 5.75 Å². The van der Waals surface area contributed by atoms with Crippen molar-refractivity contribution in [2.24, 2.45) is 5.73 Å². The molecule has 1 saturated heterocycles. The Hall–Kier alpha value is -2.31. The van der Waals surface area contributed by atoms with Gasteiger partial charge in [-0.1, -0.05) is 0 Å². The number of rotatable bonds is 4. The van der Waals surface area contributed by atoms with Crippen molar-refractivity contribution in [1.29, 1.82) is 0 Å². The number of hydrogen-bond donors (Lipinski definition) is 1. The number of primary amides is 1. The number of methoxy groups -OCH3 is 1. The van der Waals surface area contributed by atoms with Crippen molar-refractivity contribution in [2.75, 3.05) is 18.6 Å². The maximum Gasteiger partial charge on any atom is 0.293 e. The van der Waals surface area contributed by atoms with E-state index >= 15 is 0 Å². The van der Waals surface area contributed by atoms with E-state index in [4.69, 9.17) is 10.5 Å². The average molecular weight is 293 g/mol. The molecule has 114 valence electrons. The minimum atomic E-state index is -0.742. The van der Waals surface area contributed by atoms with Gasteiger partial charge in [0.05, 0.1) is 17.6 Å². The number of nitrogens with zero attached hydrogens (tertiary/aromatic N) is 2. The third kappa shape index (κ3) is 2.91. The first-order chi connectivity index (χ1) is 9.95. The molecule has 2 rings (SSSR count). The molecule has 0 bridgehead atoms. The fourth-order valence-corrected chi connectivity index (χ4v) is 2.75. The molecule has 7 heteroatoms. The summed E-state index contributed by atoms with van der Waals surface area (Å²) in [4.78, 5) is 24.3. The molecule has 1 aromatic rings. The number of ether oxygens (including phenoxy) is 1. The smallest absolute Gasteiger partial charge is 0.293 e. The van der Waals surface area contributed by atoms with Crippen LogP contribution in [-0.2, 0) is 0 Å². The fraction of sp³-hybridized carbons (Fsp3) is 0.500. The summed E-state index contributed by atoms with van der Waals surface area (Å²) in [5.41, 5.74) is 5.65. The lowest BCUT2D eigenvalue weighted by Gasteiger charge is -2.35. The minimum absolute atomic E-state index is 0.0256. The average Bonchev–Trinajstić information content (AvgIpc) is 2.46. The van der Waals surface area contributed by atoms with Gasteiger partial charge in [0.1, 0.15) is 11.4 Å². The second kappa shape index (κ2) is 5.99. The number of nitro benzene ring substituents is 1. The molecule has 1 heterocycles. The van der Waals surface area contributed by atoms with Crippen molar-refractivity contribution >= 4 is 17.3 Å². The van der Waals surface area contributed by atoms with E-state index in [1.165, 1.54) is 13.2 Å². The molecular formula is C14H19N3O4. The molecule has 2 N–H and O–H groups in total. The van der Waals surface area contributed by atoms with E-state index in [9.17, 15) is 14.9 Å². The van der Waals surface area contributed by atoms with Gasteiger partial charge in [0.15, 0.2) is 0 Å². The summed E-state index contributed by atoms with van der Waals surface area (Å²) in [6, 6.07) is 2.96. The monoisotopic (exact) mass is 293 g/mol. The van der Waals surface area contributed by atoms with Gasteiger partial charge in [-0.2, -0.15) is 0 Å². The van der Waals surface area contributed by atoms with Gasteiger partial charge in [-0.25, -0.2) is 0 Å². The van der Waals surface area contributed by atoms with Crippen molar-refractivity contribution in [3.63, 3.8) is 0 Å². The Kier molecular flexibility index (Phi) is 4.30. The molecule has 1 fully saturated rings. The maximum absolute atomic E-state index is 11.4. The van der Waals surface area contributed by atoms with E-state index in [-0.39, 0.29) is 23.0 Å². The second-order valence-corrected chi connectivity index (χ2v) is 5.20. The summed E-state index contributed by atoms with van der Waals surface area (Å²) in [6.45, 7) is 2.79. The molecule has 0 radical (unpaired) electrons. The number of benzene rings is 1. The van der Waals surface area contributed by atoms with Crippen LogP contribution < -0.4 is 15.4 Å². The van der Waals surface area contributed by atoms with Crippen molar-refractivity contribution in [1.82, 2.24) is 0 Å². The van der Waals surface area contributed by atoms with Crippen LogP contribution in [-0.4, -0.2) is 30.5 Å². The van der Waals surface area contributed by atoms with Gasteiger partial charge in [-0.15, -0.1) is 0 Å². The normalized spacial score (nSPS) is 18.4. The van der Waals surface area contributed by atoms with Gasteiger partial charge >= 0.3 is 0 Å². The maximum atomic E-state index is 11.4. The first-order valence-electron chi connectivity index (χ1n) is 6.88. The number of nitro groups is 1. The zero-order valence-electron chi connectivity index (χ0n) is 12.2. The molecule has 1 atom stereocenters. The largest absolute Gasteiger partial charge is 0.496 e. The van der Waals surface area contributed by atoms with Crippen LogP contribution in [0.2, 0.25) is 0 Å². The number of nitrogens with two attached hydrogens (primary N) is 1. The third-order valence-electron chi connectivity index (χ3n) is 3.87. The minimum Gasteiger partial charge on any atom is -0.496 e. The molecule has 21 heavy (non-hydrogen) atoms. The van der Waals surface area contributed by atoms with Gasteiger partial charge in [-0.05, 0) is 26.2 Å². The number of carbonyl (C=O) groups excluding carboxylic acids is 1. The predicted octanol–water partition coefficient (Wildman–Crippen LogP) is 2.08. The zero-order valence-corrected chi connectivity index (χ0v) is 12.2. The van der Waals surface area contributed by atoms with E-state index in [0.717, 1.165) is 25.8 Å². The molecular weight excluding hydrogens is 274 g/mol. The summed E-state index contributed by atoms with van der Waals surface area (Å²) < 4.78 is 5.16. The van der Waals surface area contributed by atoms with E-state index in [1.807, 2.05) is 11.8 Å². The molecule has 1 aliphatic rings. The van der Waals surface area contributed by atoms with Gasteiger partial charge in [0.2, 0.25) is 0 Å². The van der Waals surface area contributed by atoms with Gasteiger partial charge < -0.3 is 15.4 Å². The summed E-state index contributed by atoms with van der Waals surface area (Å²) in [7, 11) is 1.41. The fourth-order valence-electron chi connectivity index (χ4n) is 2.75. The molecule has 1 aliphatic heterocycles. The number of amides is 1. The number of carbonyl (C=O) groups is 1. The van der Waals surface area contributed by atoms with Crippen molar-refractivity contribution in [3.05, 3.63) is 27.8 Å². The lowest BCUT2D eigenvalue weighted by atomic mass is 10.0. The van der Waals surface area contributed by atoms with Crippen LogP contribution >= 0.6 is 0 Å². The van der Waals surface area contributed by atoms with Crippen molar-refractivity contribution < 1.29 is 14.5 Å². The molecule has 0 aromatic heterocycles. The van der Waals surface area contributed by atoms with E-state index in [1.54, 1.807) is 6.07 Å². The van der Waals surface area contributed by atoms with Crippen LogP contribution in [0.15, 0.2) is 12.1 Å². The molecule has 0 spiro atoms. The molecule has 7 nitrogen and oxygen atoms in total. The van der Waals surface area contributed by atoms with Gasteiger partial charge in [-0.3, -0.25) is 14.9 Å². The number of anilines is 1. The van der Waals surface area contributed by atoms with Crippen LogP contribution in [0.3, 0.4) is 0 Å². The summed E-state index contributed by atoms with van der Waals surface area (Å²) in [5.74, 6) is -0.478. The standard InChI is InChI=1S/C14H19N3O4/c1-9-5-3-4-6-16(9)11-8-13(21-2)10(14(15)18)7-12(11)17(19)20/h7-9H,3-6H2,1-2H3,(H2,15,18). The summed E-state index contributed by atoms with van der Waals surface area (Å²) in [5, 5.41) is 11.3. The predicted molar refractivity (Wildman–Crippen MR) is 78.8 cm³/mol. The van der Waals surface area contributed by atoms with Crippen LogP contribution in [0.25, 0.3) is 0 Å². The molecule has 0 aliphatic carbocycles. The molecule has 0 saturated carbocycles. The summed E-state index contributed by atoms with van der Waals surface area (Å²) >= 11 is 0. The third-order valence-corrected chi connectivity index (χ3v) is 3.87. The molecule has 1 aromatic carbocycles. The van der Waals surface area contributed by atoms with Crippen LogP contribution in [0.4, 0.5) is 11.4 Å². The SMILES string of the molecule is COc1cc(N2CCCCC2C)c([N+](=O)[O-])cc1C(N)=O. The highest BCUT2D eigenvalue weighted by atomic mass is 16.6. The van der Waals surface area contributed by atoms with E-state index in [0.29, 0.717) is 5.69 Å². The Bertz CT molecular complexity index is 574. The molecule has 1 unspecified atom stereocenters. The van der Waals surface area contributed by atoms with Crippen molar-refractivity contribution in [2.45, 2.75) is 32.2 Å². The Morgan fingerprint density at radius 3 is 2.71 bits per heavy atom. The van der Waals surface area contributed by atoms with Crippen LogP contribution in [0.1, 0.15) is 36.5 Å². The second-order valence-electron chi connectivity index (χ2n) is 5.20. The quantitative estimate of drug-likeness (QED) is 0.677. The van der Waals surface area contributed by atoms with Gasteiger partial charge in [0, 0.05) is 24.7 Å². The highest BCUT2D eigenvalue weighted by Gasteiger charge is 2.28. The number of piperidine rings is 1. The van der Waals surface area contributed by atoms with Crippen molar-refractivity contribution in [3.8, 4) is 5.75 Å². The topological polar surface area (TPSA) is 98.7 Å².